The molecule has 5 nitrogen and oxygen atoms in total. The van der Waals surface area contributed by atoms with Crippen LogP contribution in [0, 0.1) is 5.82 Å². The Balaban J connectivity index is 1.69. The second-order valence-corrected chi connectivity index (χ2v) is 7.68. The third-order valence-corrected chi connectivity index (χ3v) is 5.09. The predicted molar refractivity (Wildman–Crippen MR) is 115 cm³/mol. The molecule has 4 aromatic rings. The van der Waals surface area contributed by atoms with Crippen molar-refractivity contribution in [3.8, 4) is 5.69 Å². The predicted octanol–water partition coefficient (Wildman–Crippen LogP) is 5.05. The van der Waals surface area contributed by atoms with Crippen molar-refractivity contribution >= 4 is 34.5 Å². The number of anilines is 1. The van der Waals surface area contributed by atoms with Gasteiger partial charge in [-0.3, -0.25) is 14.7 Å². The van der Waals surface area contributed by atoms with Crippen molar-refractivity contribution in [3.05, 3.63) is 89.2 Å². The number of halogens is 2. The fourth-order valence-corrected chi connectivity index (χ4v) is 3.53. The van der Waals surface area contributed by atoms with Crippen molar-refractivity contribution < 1.29 is 14.3 Å². The number of carbonyl (C=O) groups is 1. The van der Waals surface area contributed by atoms with Gasteiger partial charge < -0.3 is 5.11 Å². The number of fused-ring (bicyclic) bond motifs is 1. The van der Waals surface area contributed by atoms with Crippen LogP contribution in [0.3, 0.4) is 0 Å². The second kappa shape index (κ2) is 7.89. The highest BCUT2D eigenvalue weighted by Gasteiger charge is 2.27. The normalized spacial score (nSPS) is 13.2. The van der Waals surface area contributed by atoms with Gasteiger partial charge in [-0.05, 0) is 55.0 Å². The molecule has 0 saturated carbocycles. The number of imidazole rings is 1. The van der Waals surface area contributed by atoms with E-state index in [1.165, 1.54) is 12.1 Å². The molecule has 30 heavy (non-hydrogen) atoms. The van der Waals surface area contributed by atoms with E-state index in [2.05, 4.69) is 10.3 Å². The molecule has 0 aliphatic carbocycles. The van der Waals surface area contributed by atoms with Crippen molar-refractivity contribution in [2.45, 2.75) is 18.9 Å². The number of aliphatic hydroxyl groups is 1. The van der Waals surface area contributed by atoms with Crippen molar-refractivity contribution in [3.63, 3.8) is 0 Å². The van der Waals surface area contributed by atoms with Crippen molar-refractivity contribution in [2.24, 2.45) is 0 Å². The number of nitrogens with zero attached hydrogens (tertiary/aromatic N) is 2. The zero-order valence-corrected chi connectivity index (χ0v) is 16.9. The van der Waals surface area contributed by atoms with Crippen LogP contribution in [0.1, 0.15) is 18.9 Å². The first kappa shape index (κ1) is 20.1. The van der Waals surface area contributed by atoms with E-state index in [9.17, 15) is 14.3 Å². The third kappa shape index (κ3) is 4.06. The Labute approximate surface area is 177 Å². The van der Waals surface area contributed by atoms with Gasteiger partial charge in [-0.25, -0.2) is 9.37 Å². The summed E-state index contributed by atoms with van der Waals surface area (Å²) < 4.78 is 15.1. The van der Waals surface area contributed by atoms with Gasteiger partial charge >= 0.3 is 0 Å². The summed E-state index contributed by atoms with van der Waals surface area (Å²) in [5.41, 5.74) is 1.19. The number of hydrogen-bond acceptors (Lipinski definition) is 3. The van der Waals surface area contributed by atoms with Crippen LogP contribution < -0.4 is 5.32 Å². The van der Waals surface area contributed by atoms with E-state index in [0.29, 0.717) is 27.3 Å². The maximum atomic E-state index is 13.4. The standard InChI is InChI=1S/C23H19ClFN3O2/c1-23(30,15-5-3-2-4-6-15)14-21(29)27-22-26-19-12-7-16(24)13-20(19)28(22)18-10-8-17(25)9-11-18/h2-13,30H,14H2,1H3,(H,26,27,29)/t23-/m0/s1. The lowest BCUT2D eigenvalue weighted by Gasteiger charge is -2.23. The molecule has 0 aliphatic heterocycles. The van der Waals surface area contributed by atoms with Crippen molar-refractivity contribution in [1.82, 2.24) is 9.55 Å². The van der Waals surface area contributed by atoms with Crippen molar-refractivity contribution in [1.29, 1.82) is 0 Å². The highest BCUT2D eigenvalue weighted by molar-refractivity contribution is 6.31. The Morgan fingerprint density at radius 2 is 1.83 bits per heavy atom. The molecule has 0 fully saturated rings. The molecule has 0 radical (unpaired) electrons. The Morgan fingerprint density at radius 3 is 2.53 bits per heavy atom. The van der Waals surface area contributed by atoms with Crippen LogP contribution in [0.5, 0.6) is 0 Å². The summed E-state index contributed by atoms with van der Waals surface area (Å²) in [6.45, 7) is 1.59. The van der Waals surface area contributed by atoms with Crippen LogP contribution in [0.2, 0.25) is 5.02 Å². The average molecular weight is 424 g/mol. The number of carbonyl (C=O) groups excluding carboxylic acids is 1. The van der Waals surface area contributed by atoms with Gasteiger partial charge in [0.05, 0.1) is 23.1 Å². The van der Waals surface area contributed by atoms with Crippen LogP contribution in [-0.4, -0.2) is 20.6 Å². The van der Waals surface area contributed by atoms with Crippen LogP contribution in [0.4, 0.5) is 10.3 Å². The maximum Gasteiger partial charge on any atom is 0.229 e. The fourth-order valence-electron chi connectivity index (χ4n) is 3.36. The van der Waals surface area contributed by atoms with E-state index in [1.807, 2.05) is 6.07 Å². The molecule has 1 aromatic heterocycles. The number of benzene rings is 3. The second-order valence-electron chi connectivity index (χ2n) is 7.25. The Bertz CT molecular complexity index is 1200. The van der Waals surface area contributed by atoms with Gasteiger partial charge in [0.2, 0.25) is 11.9 Å². The van der Waals surface area contributed by atoms with Crippen LogP contribution in [0.15, 0.2) is 72.8 Å². The Kier molecular flexibility index (Phi) is 5.28. The van der Waals surface area contributed by atoms with E-state index in [4.69, 9.17) is 11.6 Å². The summed E-state index contributed by atoms with van der Waals surface area (Å²) in [5, 5.41) is 14.1. The first-order valence-electron chi connectivity index (χ1n) is 9.35. The van der Waals surface area contributed by atoms with E-state index in [0.717, 1.165) is 0 Å². The molecule has 4 rings (SSSR count). The minimum atomic E-state index is -1.35. The van der Waals surface area contributed by atoms with E-state index < -0.39 is 11.5 Å². The molecule has 2 N–H and O–H groups in total. The molecule has 0 bridgehead atoms. The highest BCUT2D eigenvalue weighted by atomic mass is 35.5. The lowest BCUT2D eigenvalue weighted by atomic mass is 9.92. The largest absolute Gasteiger partial charge is 0.385 e. The smallest absolute Gasteiger partial charge is 0.229 e. The quantitative estimate of drug-likeness (QED) is 0.471. The molecule has 0 spiro atoms. The number of hydrogen-bond donors (Lipinski definition) is 2. The van der Waals surface area contributed by atoms with Crippen molar-refractivity contribution in [2.75, 3.05) is 5.32 Å². The van der Waals surface area contributed by atoms with Gasteiger partial charge in [-0.15, -0.1) is 0 Å². The molecule has 0 aliphatic rings. The van der Waals surface area contributed by atoms with Crippen LogP contribution >= 0.6 is 11.6 Å². The lowest BCUT2D eigenvalue weighted by molar-refractivity contribution is -0.120. The molecule has 0 unspecified atom stereocenters. The first-order chi connectivity index (χ1) is 14.3. The minimum absolute atomic E-state index is 0.162. The molecule has 0 saturated heterocycles. The van der Waals surface area contributed by atoms with Gasteiger partial charge in [0.25, 0.3) is 0 Å². The number of aromatic nitrogens is 2. The molecule has 1 heterocycles. The molecular formula is C23H19ClFN3O2. The van der Waals surface area contributed by atoms with Gasteiger partial charge in [-0.1, -0.05) is 41.9 Å². The number of nitrogens with one attached hydrogen (secondary N) is 1. The van der Waals surface area contributed by atoms with Crippen LogP contribution in [-0.2, 0) is 10.4 Å². The molecule has 152 valence electrons. The molecular weight excluding hydrogens is 405 g/mol. The number of amides is 1. The fraction of sp³-hybridized carbons (Fsp3) is 0.130. The monoisotopic (exact) mass is 423 g/mol. The molecule has 1 atom stereocenters. The summed E-state index contributed by atoms with van der Waals surface area (Å²) in [4.78, 5) is 17.3. The summed E-state index contributed by atoms with van der Waals surface area (Å²) >= 11 is 6.15. The summed E-state index contributed by atoms with van der Waals surface area (Å²) in [7, 11) is 0. The summed E-state index contributed by atoms with van der Waals surface area (Å²) in [5.74, 6) is -0.521. The van der Waals surface area contributed by atoms with E-state index in [-0.39, 0.29) is 18.2 Å². The van der Waals surface area contributed by atoms with E-state index >= 15 is 0 Å². The maximum absolute atomic E-state index is 13.4. The topological polar surface area (TPSA) is 67.2 Å². The average Bonchev–Trinajstić information content (AvgIpc) is 3.05. The summed E-state index contributed by atoms with van der Waals surface area (Å²) in [6, 6.07) is 20.0. The molecule has 3 aromatic carbocycles. The highest BCUT2D eigenvalue weighted by Crippen LogP contribution is 2.29. The Hall–Kier alpha value is -3.22. The van der Waals surface area contributed by atoms with E-state index in [1.54, 1.807) is 66.1 Å². The van der Waals surface area contributed by atoms with Gasteiger partial charge in [-0.2, -0.15) is 0 Å². The molecule has 7 heteroatoms. The molecule has 1 amide bonds. The van der Waals surface area contributed by atoms with Gasteiger partial charge in [0, 0.05) is 10.7 Å². The number of rotatable bonds is 5. The SMILES string of the molecule is C[C@](O)(CC(=O)Nc1nc2ccc(Cl)cc2n1-c1ccc(F)cc1)c1ccccc1. The van der Waals surface area contributed by atoms with Gasteiger partial charge in [0.1, 0.15) is 5.82 Å². The Morgan fingerprint density at radius 1 is 1.13 bits per heavy atom. The van der Waals surface area contributed by atoms with Crippen LogP contribution in [0.25, 0.3) is 16.7 Å². The first-order valence-corrected chi connectivity index (χ1v) is 9.73. The third-order valence-electron chi connectivity index (χ3n) is 4.85. The van der Waals surface area contributed by atoms with Gasteiger partial charge in [0.15, 0.2) is 0 Å². The lowest BCUT2D eigenvalue weighted by Crippen LogP contribution is -2.29. The zero-order chi connectivity index (χ0) is 21.3. The minimum Gasteiger partial charge on any atom is -0.385 e. The zero-order valence-electron chi connectivity index (χ0n) is 16.1. The summed E-state index contributed by atoms with van der Waals surface area (Å²) in [6.07, 6.45) is -0.162.